The molecule has 2 rings (SSSR count). The number of hydrogen-bond acceptors (Lipinski definition) is 4. The molecule has 0 aliphatic carbocycles. The van der Waals surface area contributed by atoms with Gasteiger partial charge in [0.05, 0.1) is 14.2 Å². The fourth-order valence-corrected chi connectivity index (χ4v) is 2.76. The SMILES string of the molecule is COC(=O)c1ccc(Sc2ccc(Br)cc2)cc1OC. The molecule has 2 aromatic rings. The average Bonchev–Trinajstić information content (AvgIpc) is 2.48. The summed E-state index contributed by atoms with van der Waals surface area (Å²) < 4.78 is 11.0. The molecule has 0 saturated heterocycles. The van der Waals surface area contributed by atoms with Gasteiger partial charge in [-0.1, -0.05) is 27.7 Å². The van der Waals surface area contributed by atoms with Gasteiger partial charge in [0.1, 0.15) is 11.3 Å². The fourth-order valence-electron chi connectivity index (χ4n) is 1.65. The fraction of sp³-hybridized carbons (Fsp3) is 0.133. The molecule has 0 amide bonds. The highest BCUT2D eigenvalue weighted by atomic mass is 79.9. The van der Waals surface area contributed by atoms with Crippen LogP contribution in [-0.2, 0) is 4.74 Å². The lowest BCUT2D eigenvalue weighted by atomic mass is 10.2. The monoisotopic (exact) mass is 352 g/mol. The number of benzene rings is 2. The molecule has 0 atom stereocenters. The van der Waals surface area contributed by atoms with E-state index in [0.717, 1.165) is 14.3 Å². The Morgan fingerprint density at radius 3 is 2.30 bits per heavy atom. The minimum Gasteiger partial charge on any atom is -0.496 e. The molecule has 0 aromatic heterocycles. The molecule has 0 spiro atoms. The third-order valence-electron chi connectivity index (χ3n) is 2.63. The molecule has 0 saturated carbocycles. The van der Waals surface area contributed by atoms with Crippen molar-refractivity contribution in [2.24, 2.45) is 0 Å². The van der Waals surface area contributed by atoms with Crippen LogP contribution in [0.4, 0.5) is 0 Å². The van der Waals surface area contributed by atoms with Crippen LogP contribution in [-0.4, -0.2) is 20.2 Å². The van der Waals surface area contributed by atoms with Crippen LogP contribution in [0.2, 0.25) is 0 Å². The number of hydrogen-bond donors (Lipinski definition) is 0. The number of halogens is 1. The van der Waals surface area contributed by atoms with Crippen LogP contribution in [0.15, 0.2) is 56.7 Å². The highest BCUT2D eigenvalue weighted by Crippen LogP contribution is 2.32. The average molecular weight is 353 g/mol. The van der Waals surface area contributed by atoms with Gasteiger partial charge in [-0.05, 0) is 42.5 Å². The van der Waals surface area contributed by atoms with E-state index in [2.05, 4.69) is 15.9 Å². The van der Waals surface area contributed by atoms with Crippen LogP contribution in [0.25, 0.3) is 0 Å². The Hall–Kier alpha value is -1.46. The quantitative estimate of drug-likeness (QED) is 0.764. The third kappa shape index (κ3) is 3.55. The van der Waals surface area contributed by atoms with Crippen LogP contribution >= 0.6 is 27.7 Å². The Morgan fingerprint density at radius 2 is 1.70 bits per heavy atom. The molecule has 0 unspecified atom stereocenters. The molecular formula is C15H13BrO3S. The minimum absolute atomic E-state index is 0.401. The van der Waals surface area contributed by atoms with E-state index in [1.165, 1.54) is 14.2 Å². The van der Waals surface area contributed by atoms with E-state index in [1.807, 2.05) is 36.4 Å². The van der Waals surface area contributed by atoms with E-state index in [-0.39, 0.29) is 0 Å². The zero-order chi connectivity index (χ0) is 14.5. The molecule has 0 N–H and O–H groups in total. The largest absolute Gasteiger partial charge is 0.496 e. The van der Waals surface area contributed by atoms with Crippen molar-refractivity contribution in [3.05, 3.63) is 52.5 Å². The summed E-state index contributed by atoms with van der Waals surface area (Å²) in [4.78, 5) is 13.7. The van der Waals surface area contributed by atoms with Crippen LogP contribution in [0.5, 0.6) is 5.75 Å². The number of rotatable bonds is 4. The van der Waals surface area contributed by atoms with Gasteiger partial charge in [-0.15, -0.1) is 0 Å². The second-order valence-electron chi connectivity index (χ2n) is 3.91. The summed E-state index contributed by atoms with van der Waals surface area (Å²) in [5.41, 5.74) is 0.426. The van der Waals surface area contributed by atoms with Gasteiger partial charge < -0.3 is 9.47 Å². The van der Waals surface area contributed by atoms with Gasteiger partial charge in [-0.3, -0.25) is 0 Å². The maximum absolute atomic E-state index is 11.6. The van der Waals surface area contributed by atoms with Gasteiger partial charge in [0, 0.05) is 14.3 Å². The Balaban J connectivity index is 2.25. The van der Waals surface area contributed by atoms with Gasteiger partial charge in [0.15, 0.2) is 0 Å². The summed E-state index contributed by atoms with van der Waals surface area (Å²) in [5, 5.41) is 0. The second-order valence-corrected chi connectivity index (χ2v) is 5.97. The Morgan fingerprint density at radius 1 is 1.05 bits per heavy atom. The lowest BCUT2D eigenvalue weighted by Crippen LogP contribution is -2.03. The van der Waals surface area contributed by atoms with E-state index in [9.17, 15) is 4.79 Å². The Labute approximate surface area is 130 Å². The maximum Gasteiger partial charge on any atom is 0.341 e. The van der Waals surface area contributed by atoms with Gasteiger partial charge in [-0.2, -0.15) is 0 Å². The summed E-state index contributed by atoms with van der Waals surface area (Å²) in [7, 11) is 2.89. The van der Waals surface area contributed by atoms with Gasteiger partial charge in [-0.25, -0.2) is 4.79 Å². The molecule has 0 heterocycles. The molecule has 104 valence electrons. The number of carbonyl (C=O) groups is 1. The van der Waals surface area contributed by atoms with E-state index < -0.39 is 5.97 Å². The van der Waals surface area contributed by atoms with Crippen LogP contribution in [0, 0.1) is 0 Å². The zero-order valence-corrected chi connectivity index (χ0v) is 13.5. The van der Waals surface area contributed by atoms with Crippen molar-refractivity contribution in [2.45, 2.75) is 9.79 Å². The number of carbonyl (C=O) groups excluding carboxylic acids is 1. The zero-order valence-electron chi connectivity index (χ0n) is 11.1. The number of ether oxygens (including phenoxy) is 2. The van der Waals surface area contributed by atoms with Gasteiger partial charge in [0.2, 0.25) is 0 Å². The van der Waals surface area contributed by atoms with Gasteiger partial charge >= 0.3 is 5.97 Å². The smallest absolute Gasteiger partial charge is 0.341 e. The van der Waals surface area contributed by atoms with E-state index in [4.69, 9.17) is 9.47 Å². The first-order chi connectivity index (χ1) is 9.63. The van der Waals surface area contributed by atoms with Crippen molar-refractivity contribution in [3.8, 4) is 5.75 Å². The Kier molecular flexibility index (Phi) is 5.09. The van der Waals surface area contributed by atoms with E-state index >= 15 is 0 Å². The molecule has 0 bridgehead atoms. The highest BCUT2D eigenvalue weighted by molar-refractivity contribution is 9.10. The van der Waals surface area contributed by atoms with Crippen molar-refractivity contribution in [2.75, 3.05) is 14.2 Å². The molecule has 2 aromatic carbocycles. The van der Waals surface area contributed by atoms with Crippen molar-refractivity contribution < 1.29 is 14.3 Å². The Bertz CT molecular complexity index is 611. The van der Waals surface area contributed by atoms with E-state index in [0.29, 0.717) is 11.3 Å². The summed E-state index contributed by atoms with van der Waals surface area (Å²) in [6, 6.07) is 13.4. The summed E-state index contributed by atoms with van der Waals surface area (Å²) in [5.74, 6) is 0.112. The standard InChI is InChI=1S/C15H13BrO3S/c1-18-14-9-12(7-8-13(14)15(17)19-2)20-11-5-3-10(16)4-6-11/h3-9H,1-2H3. The normalized spacial score (nSPS) is 10.2. The molecule has 0 radical (unpaired) electrons. The highest BCUT2D eigenvalue weighted by Gasteiger charge is 2.13. The first kappa shape index (κ1) is 14.9. The van der Waals surface area contributed by atoms with Crippen LogP contribution < -0.4 is 4.74 Å². The third-order valence-corrected chi connectivity index (χ3v) is 4.15. The predicted molar refractivity (Wildman–Crippen MR) is 82.6 cm³/mol. The van der Waals surface area contributed by atoms with E-state index in [1.54, 1.807) is 17.8 Å². The molecule has 0 aliphatic heterocycles. The van der Waals surface area contributed by atoms with Crippen molar-refractivity contribution >= 4 is 33.7 Å². The number of methoxy groups -OCH3 is 2. The summed E-state index contributed by atoms with van der Waals surface area (Å²) in [6.45, 7) is 0. The molecule has 20 heavy (non-hydrogen) atoms. The summed E-state index contributed by atoms with van der Waals surface area (Å²) in [6.07, 6.45) is 0. The lowest BCUT2D eigenvalue weighted by molar-refractivity contribution is 0.0597. The predicted octanol–water partition coefficient (Wildman–Crippen LogP) is 4.40. The molecule has 5 heteroatoms. The van der Waals surface area contributed by atoms with Crippen LogP contribution in [0.1, 0.15) is 10.4 Å². The van der Waals surface area contributed by atoms with Gasteiger partial charge in [0.25, 0.3) is 0 Å². The minimum atomic E-state index is -0.401. The van der Waals surface area contributed by atoms with Crippen LogP contribution in [0.3, 0.4) is 0 Å². The molecule has 0 fully saturated rings. The maximum atomic E-state index is 11.6. The van der Waals surface area contributed by atoms with Crippen molar-refractivity contribution in [1.82, 2.24) is 0 Å². The van der Waals surface area contributed by atoms with Crippen molar-refractivity contribution in [1.29, 1.82) is 0 Å². The summed E-state index contributed by atoms with van der Waals surface area (Å²) >= 11 is 5.01. The number of esters is 1. The topological polar surface area (TPSA) is 35.5 Å². The lowest BCUT2D eigenvalue weighted by Gasteiger charge is -2.09. The molecule has 3 nitrogen and oxygen atoms in total. The molecular weight excluding hydrogens is 340 g/mol. The molecule has 0 aliphatic rings. The first-order valence-electron chi connectivity index (χ1n) is 5.84. The van der Waals surface area contributed by atoms with Crippen molar-refractivity contribution in [3.63, 3.8) is 0 Å². The first-order valence-corrected chi connectivity index (χ1v) is 7.44. The second kappa shape index (κ2) is 6.81.